The van der Waals surface area contributed by atoms with E-state index in [1.165, 1.54) is 15.0 Å². The second-order valence-corrected chi connectivity index (χ2v) is 8.13. The topological polar surface area (TPSA) is 52.2 Å². The zero-order valence-electron chi connectivity index (χ0n) is 15.8. The van der Waals surface area contributed by atoms with E-state index in [9.17, 15) is 4.79 Å². The minimum absolute atomic E-state index is 0.156. The Hall–Kier alpha value is -2.73. The first-order chi connectivity index (χ1) is 13.0. The van der Waals surface area contributed by atoms with Crippen LogP contribution in [0.4, 0.5) is 0 Å². The predicted octanol–water partition coefficient (Wildman–Crippen LogP) is 4.14. The van der Waals surface area contributed by atoms with Crippen LogP contribution in [-0.4, -0.2) is 19.2 Å². The average Bonchev–Trinajstić information content (AvgIpc) is 3.19. The molecule has 0 N–H and O–H groups in total. The number of benzene rings is 1. The van der Waals surface area contributed by atoms with Crippen molar-refractivity contribution < 1.29 is 0 Å². The summed E-state index contributed by atoms with van der Waals surface area (Å²) in [6.07, 6.45) is 1.50. The van der Waals surface area contributed by atoms with Gasteiger partial charge >= 0.3 is 5.69 Å². The molecule has 0 spiro atoms. The third kappa shape index (κ3) is 3.00. The number of nitrogens with zero attached hydrogens (tertiary/aromatic N) is 4. The van der Waals surface area contributed by atoms with Crippen LogP contribution in [0, 0.1) is 6.92 Å². The lowest BCUT2D eigenvalue weighted by Gasteiger charge is -2.08. The molecule has 0 atom stereocenters. The van der Waals surface area contributed by atoms with E-state index in [1.54, 1.807) is 15.9 Å². The molecule has 5 nitrogen and oxygen atoms in total. The molecule has 4 aromatic rings. The summed E-state index contributed by atoms with van der Waals surface area (Å²) < 4.78 is 3.25. The van der Waals surface area contributed by atoms with E-state index in [4.69, 9.17) is 4.98 Å². The molecule has 0 aliphatic heterocycles. The Morgan fingerprint density at radius 2 is 2.00 bits per heavy atom. The van der Waals surface area contributed by atoms with Gasteiger partial charge in [-0.3, -0.25) is 4.57 Å². The molecule has 4 rings (SSSR count). The molecule has 27 heavy (non-hydrogen) atoms. The lowest BCUT2D eigenvalue weighted by molar-refractivity contribution is 0.707. The van der Waals surface area contributed by atoms with E-state index in [0.717, 1.165) is 27.8 Å². The number of thiophene rings is 1. The summed E-state index contributed by atoms with van der Waals surface area (Å²) in [7, 11) is 0. The normalized spacial score (nSPS) is 11.5. The lowest BCUT2D eigenvalue weighted by Crippen LogP contribution is -2.27. The first-order valence-electron chi connectivity index (χ1n) is 9.08. The largest absolute Gasteiger partial charge is 0.352 e. The van der Waals surface area contributed by atoms with Crippen LogP contribution >= 0.6 is 11.3 Å². The van der Waals surface area contributed by atoms with Crippen LogP contribution in [0.15, 0.2) is 47.3 Å². The molecule has 1 aromatic carbocycles. The summed E-state index contributed by atoms with van der Waals surface area (Å²) in [5.41, 5.74) is 3.82. The Morgan fingerprint density at radius 1 is 1.26 bits per heavy atom. The number of hydrogen-bond acceptors (Lipinski definition) is 4. The standard InChI is InChI=1S/C21H22N4OS/c1-5-16-14(4)27-20-18(16)19-22-17(11-15-9-7-6-8-10-15)23-25(19)21(26)24(20)12-13(2)3/h6-10H,2,5,11-12H2,1,3-4H3. The maximum atomic E-state index is 13.1. The van der Waals surface area contributed by atoms with Gasteiger partial charge in [0, 0.05) is 17.8 Å². The van der Waals surface area contributed by atoms with Gasteiger partial charge in [0.25, 0.3) is 0 Å². The second kappa shape index (κ2) is 6.78. The fourth-order valence-corrected chi connectivity index (χ4v) is 4.75. The highest BCUT2D eigenvalue weighted by Gasteiger charge is 2.20. The minimum atomic E-state index is -0.156. The predicted molar refractivity (Wildman–Crippen MR) is 111 cm³/mol. The molecule has 0 aliphatic rings. The van der Waals surface area contributed by atoms with Crippen molar-refractivity contribution in [3.8, 4) is 0 Å². The summed E-state index contributed by atoms with van der Waals surface area (Å²) in [5.74, 6) is 0.665. The number of allylic oxidation sites excluding steroid dienone is 1. The highest BCUT2D eigenvalue weighted by Crippen LogP contribution is 2.33. The van der Waals surface area contributed by atoms with Crippen molar-refractivity contribution in [3.63, 3.8) is 0 Å². The first-order valence-corrected chi connectivity index (χ1v) is 9.90. The van der Waals surface area contributed by atoms with Gasteiger partial charge in [-0.2, -0.15) is 4.52 Å². The Labute approximate surface area is 161 Å². The van der Waals surface area contributed by atoms with Gasteiger partial charge in [0.15, 0.2) is 11.5 Å². The maximum absolute atomic E-state index is 13.1. The molecule has 0 bridgehead atoms. The smallest absolute Gasteiger partial charge is 0.279 e. The molecular weight excluding hydrogens is 356 g/mol. The summed E-state index contributed by atoms with van der Waals surface area (Å²) in [5, 5.41) is 5.61. The number of aromatic nitrogens is 4. The van der Waals surface area contributed by atoms with Gasteiger partial charge in [-0.15, -0.1) is 16.4 Å². The van der Waals surface area contributed by atoms with E-state index in [2.05, 4.69) is 25.5 Å². The number of hydrogen-bond donors (Lipinski definition) is 0. The van der Waals surface area contributed by atoms with E-state index in [-0.39, 0.29) is 5.69 Å². The number of aryl methyl sites for hydroxylation is 2. The van der Waals surface area contributed by atoms with Gasteiger partial charge in [-0.1, -0.05) is 49.4 Å². The molecule has 6 heteroatoms. The van der Waals surface area contributed by atoms with Gasteiger partial charge in [-0.05, 0) is 31.4 Å². The van der Waals surface area contributed by atoms with Crippen LogP contribution in [0.2, 0.25) is 0 Å². The zero-order chi connectivity index (χ0) is 19.1. The number of fused-ring (bicyclic) bond motifs is 3. The zero-order valence-corrected chi connectivity index (χ0v) is 16.6. The van der Waals surface area contributed by atoms with Crippen molar-refractivity contribution in [1.29, 1.82) is 0 Å². The molecule has 0 saturated carbocycles. The summed E-state index contributed by atoms with van der Waals surface area (Å²) in [6, 6.07) is 10.1. The first kappa shape index (κ1) is 17.7. The highest BCUT2D eigenvalue weighted by atomic mass is 32.1. The highest BCUT2D eigenvalue weighted by molar-refractivity contribution is 7.19. The fourth-order valence-electron chi connectivity index (χ4n) is 3.52. The van der Waals surface area contributed by atoms with E-state index >= 15 is 0 Å². The molecule has 0 aliphatic carbocycles. The molecule has 0 unspecified atom stereocenters. The van der Waals surface area contributed by atoms with E-state index < -0.39 is 0 Å². The molecule has 3 aromatic heterocycles. The van der Waals surface area contributed by atoms with Crippen molar-refractivity contribution in [3.05, 3.63) is 74.8 Å². The van der Waals surface area contributed by atoms with Crippen LogP contribution in [0.25, 0.3) is 15.9 Å². The van der Waals surface area contributed by atoms with Crippen molar-refractivity contribution in [2.45, 2.75) is 40.2 Å². The van der Waals surface area contributed by atoms with Crippen molar-refractivity contribution >= 4 is 27.2 Å². The summed E-state index contributed by atoms with van der Waals surface area (Å²) >= 11 is 1.65. The van der Waals surface area contributed by atoms with Gasteiger partial charge in [0.05, 0.1) is 5.39 Å². The van der Waals surface area contributed by atoms with Crippen LogP contribution < -0.4 is 5.69 Å². The fraction of sp³-hybridized carbons (Fsp3) is 0.286. The lowest BCUT2D eigenvalue weighted by atomic mass is 10.1. The Kier molecular flexibility index (Phi) is 4.44. The Morgan fingerprint density at radius 3 is 2.67 bits per heavy atom. The molecule has 0 amide bonds. The molecule has 0 saturated heterocycles. The van der Waals surface area contributed by atoms with Gasteiger partial charge in [0.1, 0.15) is 4.83 Å². The molecule has 0 fully saturated rings. The Balaban J connectivity index is 2.01. The monoisotopic (exact) mass is 378 g/mol. The van der Waals surface area contributed by atoms with Crippen LogP contribution in [0.3, 0.4) is 0 Å². The van der Waals surface area contributed by atoms with Crippen LogP contribution in [-0.2, 0) is 19.4 Å². The average molecular weight is 379 g/mol. The third-order valence-electron chi connectivity index (χ3n) is 4.71. The van der Waals surface area contributed by atoms with Crippen LogP contribution in [0.1, 0.15) is 35.7 Å². The van der Waals surface area contributed by atoms with E-state index in [0.29, 0.717) is 24.4 Å². The van der Waals surface area contributed by atoms with Gasteiger partial charge in [-0.25, -0.2) is 9.78 Å². The summed E-state index contributed by atoms with van der Waals surface area (Å²) in [4.78, 5) is 20.1. The maximum Gasteiger partial charge on any atom is 0.352 e. The van der Waals surface area contributed by atoms with Gasteiger partial charge < -0.3 is 0 Å². The molecule has 0 radical (unpaired) electrons. The van der Waals surface area contributed by atoms with Crippen LogP contribution in [0.5, 0.6) is 0 Å². The van der Waals surface area contributed by atoms with Crippen molar-refractivity contribution in [1.82, 2.24) is 19.2 Å². The molecule has 138 valence electrons. The minimum Gasteiger partial charge on any atom is -0.279 e. The van der Waals surface area contributed by atoms with Gasteiger partial charge in [0.2, 0.25) is 0 Å². The molecular formula is C21H22N4OS. The van der Waals surface area contributed by atoms with Crippen molar-refractivity contribution in [2.75, 3.05) is 0 Å². The third-order valence-corrected chi connectivity index (χ3v) is 5.88. The SMILES string of the molecule is C=C(C)Cn1c(=O)n2nc(Cc3ccccc3)nc2c2c(CC)c(C)sc21. The second-order valence-electron chi connectivity index (χ2n) is 6.92. The van der Waals surface area contributed by atoms with Crippen molar-refractivity contribution in [2.24, 2.45) is 0 Å². The molecule has 3 heterocycles. The quantitative estimate of drug-likeness (QED) is 0.490. The summed E-state index contributed by atoms with van der Waals surface area (Å²) in [6.45, 7) is 10.7. The number of rotatable bonds is 5. The Bertz CT molecular complexity index is 1210. The van der Waals surface area contributed by atoms with E-state index in [1.807, 2.05) is 37.3 Å².